The molecule has 1 heteroatoms. The van der Waals surface area contributed by atoms with Gasteiger partial charge in [0.15, 0.2) is 5.78 Å². The highest BCUT2D eigenvalue weighted by Crippen LogP contribution is 2.43. The number of hydrogen-bond donors (Lipinski definition) is 0. The van der Waals surface area contributed by atoms with Gasteiger partial charge in [-0.05, 0) is 18.4 Å². The molecule has 1 rings (SSSR count). The van der Waals surface area contributed by atoms with Crippen molar-refractivity contribution in [1.82, 2.24) is 0 Å². The zero-order valence-electron chi connectivity index (χ0n) is 10.8. The van der Waals surface area contributed by atoms with E-state index >= 15 is 0 Å². The van der Waals surface area contributed by atoms with Gasteiger partial charge in [-0.25, -0.2) is 0 Å². The summed E-state index contributed by atoms with van der Waals surface area (Å²) in [6, 6.07) is 0. The molecule has 0 amide bonds. The first kappa shape index (κ1) is 13.0. The average molecular weight is 218 g/mol. The van der Waals surface area contributed by atoms with Crippen LogP contribution < -0.4 is 0 Å². The minimum absolute atomic E-state index is 0.165. The molecule has 0 N–H and O–H groups in total. The maximum absolute atomic E-state index is 12.0. The number of ketones is 1. The van der Waals surface area contributed by atoms with Crippen LogP contribution in [0.1, 0.15) is 34.1 Å². The van der Waals surface area contributed by atoms with E-state index in [0.29, 0.717) is 12.3 Å². The van der Waals surface area contributed by atoms with Crippen LogP contribution in [0.4, 0.5) is 0 Å². The van der Waals surface area contributed by atoms with Crippen molar-refractivity contribution < 1.29 is 4.79 Å². The van der Waals surface area contributed by atoms with Gasteiger partial charge in [0.2, 0.25) is 0 Å². The van der Waals surface area contributed by atoms with Crippen molar-refractivity contribution in [1.29, 1.82) is 0 Å². The van der Waals surface area contributed by atoms with Crippen LogP contribution in [-0.4, -0.2) is 5.78 Å². The quantitative estimate of drug-likeness (QED) is 0.656. The van der Waals surface area contributed by atoms with E-state index in [1.54, 1.807) is 0 Å². The van der Waals surface area contributed by atoms with Crippen LogP contribution in [0.15, 0.2) is 36.5 Å². The Morgan fingerprint density at radius 1 is 1.62 bits per heavy atom. The van der Waals surface area contributed by atoms with Crippen molar-refractivity contribution in [2.24, 2.45) is 17.3 Å². The summed E-state index contributed by atoms with van der Waals surface area (Å²) in [6.07, 6.45) is 4.55. The molecule has 0 spiro atoms. The summed E-state index contributed by atoms with van der Waals surface area (Å²) in [6.45, 7) is 16.2. The standard InChI is InChI=1S/C15H22O/c1-7-15(6)9-14(16)12(10(2)3)8-13(15)11(4)5/h7-8,10,13H,1,4,9H2,2-3,5-6H3. The highest BCUT2D eigenvalue weighted by atomic mass is 16.1. The van der Waals surface area contributed by atoms with Gasteiger partial charge in [-0.1, -0.05) is 45.1 Å². The molecule has 0 saturated carbocycles. The van der Waals surface area contributed by atoms with Crippen LogP contribution >= 0.6 is 0 Å². The zero-order valence-corrected chi connectivity index (χ0v) is 10.8. The molecule has 0 aromatic rings. The van der Waals surface area contributed by atoms with Crippen molar-refractivity contribution in [3.63, 3.8) is 0 Å². The van der Waals surface area contributed by atoms with Gasteiger partial charge in [-0.3, -0.25) is 4.79 Å². The Kier molecular flexibility index (Phi) is 3.57. The Labute approximate surface area is 98.9 Å². The van der Waals surface area contributed by atoms with Crippen molar-refractivity contribution >= 4 is 5.78 Å². The minimum Gasteiger partial charge on any atom is -0.295 e. The number of allylic oxidation sites excluding steroid dienone is 4. The summed E-state index contributed by atoms with van der Waals surface area (Å²) in [5.41, 5.74) is 1.89. The van der Waals surface area contributed by atoms with E-state index in [1.807, 2.05) is 13.0 Å². The fourth-order valence-corrected chi connectivity index (χ4v) is 2.44. The summed E-state index contributed by atoms with van der Waals surface area (Å²) < 4.78 is 0. The Balaban J connectivity index is 3.22. The highest BCUT2D eigenvalue weighted by Gasteiger charge is 2.38. The van der Waals surface area contributed by atoms with Crippen molar-refractivity contribution in [3.05, 3.63) is 36.5 Å². The molecule has 0 heterocycles. The average Bonchev–Trinajstić information content (AvgIpc) is 2.16. The van der Waals surface area contributed by atoms with Crippen LogP contribution in [0.25, 0.3) is 0 Å². The Bertz CT molecular complexity index is 360. The Hall–Kier alpha value is -1.11. The molecule has 1 aliphatic carbocycles. The predicted octanol–water partition coefficient (Wildman–Crippen LogP) is 3.93. The number of rotatable bonds is 3. The molecule has 2 atom stereocenters. The normalized spacial score (nSPS) is 30.2. The van der Waals surface area contributed by atoms with E-state index in [9.17, 15) is 4.79 Å². The van der Waals surface area contributed by atoms with E-state index < -0.39 is 0 Å². The summed E-state index contributed by atoms with van der Waals surface area (Å²) in [7, 11) is 0. The molecule has 0 fully saturated rings. The largest absolute Gasteiger partial charge is 0.295 e. The molecular weight excluding hydrogens is 196 g/mol. The lowest BCUT2D eigenvalue weighted by Gasteiger charge is -2.38. The number of carbonyl (C=O) groups excluding carboxylic acids is 1. The molecule has 1 nitrogen and oxygen atoms in total. The van der Waals surface area contributed by atoms with Crippen molar-refractivity contribution in [2.45, 2.75) is 34.1 Å². The maximum Gasteiger partial charge on any atom is 0.159 e. The summed E-state index contributed by atoms with van der Waals surface area (Å²) >= 11 is 0. The van der Waals surface area contributed by atoms with Crippen LogP contribution in [0.3, 0.4) is 0 Å². The third-order valence-corrected chi connectivity index (χ3v) is 3.54. The van der Waals surface area contributed by atoms with Gasteiger partial charge in [0.1, 0.15) is 0 Å². The molecule has 0 aromatic carbocycles. The fraction of sp³-hybridized carbons (Fsp3) is 0.533. The second kappa shape index (κ2) is 4.40. The first-order valence-electron chi connectivity index (χ1n) is 5.85. The first-order valence-corrected chi connectivity index (χ1v) is 5.85. The van der Waals surface area contributed by atoms with Crippen molar-refractivity contribution in [3.8, 4) is 0 Å². The maximum atomic E-state index is 12.0. The Morgan fingerprint density at radius 3 is 2.56 bits per heavy atom. The number of hydrogen-bond acceptors (Lipinski definition) is 1. The van der Waals surface area contributed by atoms with Gasteiger partial charge >= 0.3 is 0 Å². The molecule has 2 unspecified atom stereocenters. The van der Waals surface area contributed by atoms with E-state index in [4.69, 9.17) is 0 Å². The molecule has 0 saturated heterocycles. The minimum atomic E-state index is -0.165. The van der Waals surface area contributed by atoms with Gasteiger partial charge in [-0.2, -0.15) is 0 Å². The van der Waals surface area contributed by atoms with Crippen LogP contribution in [-0.2, 0) is 4.79 Å². The van der Waals surface area contributed by atoms with E-state index in [-0.39, 0.29) is 17.1 Å². The lowest BCUT2D eigenvalue weighted by molar-refractivity contribution is -0.118. The molecule has 88 valence electrons. The van der Waals surface area contributed by atoms with E-state index in [1.165, 1.54) is 0 Å². The Morgan fingerprint density at radius 2 is 2.19 bits per heavy atom. The summed E-state index contributed by atoms with van der Waals surface area (Å²) in [5, 5.41) is 0. The molecular formula is C15H22O. The monoisotopic (exact) mass is 218 g/mol. The first-order chi connectivity index (χ1) is 7.31. The molecule has 0 aromatic heterocycles. The van der Waals surface area contributed by atoms with Gasteiger partial charge in [0.25, 0.3) is 0 Å². The molecule has 1 aliphatic rings. The molecule has 0 radical (unpaired) electrons. The van der Waals surface area contributed by atoms with Gasteiger partial charge < -0.3 is 0 Å². The molecule has 0 bridgehead atoms. The second-order valence-corrected chi connectivity index (χ2v) is 5.41. The number of carbonyl (C=O) groups is 1. The summed E-state index contributed by atoms with van der Waals surface area (Å²) in [4.78, 5) is 12.0. The molecule has 16 heavy (non-hydrogen) atoms. The van der Waals surface area contributed by atoms with Crippen LogP contribution in [0, 0.1) is 17.3 Å². The fourth-order valence-electron chi connectivity index (χ4n) is 2.44. The third kappa shape index (κ3) is 2.18. The lowest BCUT2D eigenvalue weighted by atomic mass is 9.65. The third-order valence-electron chi connectivity index (χ3n) is 3.54. The van der Waals surface area contributed by atoms with Gasteiger partial charge in [-0.15, -0.1) is 6.58 Å². The van der Waals surface area contributed by atoms with Crippen LogP contribution in [0.5, 0.6) is 0 Å². The lowest BCUT2D eigenvalue weighted by Crippen LogP contribution is -2.33. The van der Waals surface area contributed by atoms with E-state index in [2.05, 4.69) is 40.0 Å². The van der Waals surface area contributed by atoms with Gasteiger partial charge in [0, 0.05) is 17.8 Å². The SMILES string of the molecule is C=CC1(C)CC(=O)C(C(C)C)=CC1C(=C)C. The summed E-state index contributed by atoms with van der Waals surface area (Å²) in [5.74, 6) is 0.790. The second-order valence-electron chi connectivity index (χ2n) is 5.41. The van der Waals surface area contributed by atoms with Crippen molar-refractivity contribution in [2.75, 3.05) is 0 Å². The smallest absolute Gasteiger partial charge is 0.159 e. The molecule has 0 aliphatic heterocycles. The van der Waals surface area contributed by atoms with E-state index in [0.717, 1.165) is 11.1 Å². The van der Waals surface area contributed by atoms with Crippen LogP contribution in [0.2, 0.25) is 0 Å². The highest BCUT2D eigenvalue weighted by molar-refractivity contribution is 5.97. The zero-order chi connectivity index (χ0) is 12.5. The number of Topliss-reactive ketones (excluding diaryl/α,β-unsaturated/α-hetero) is 1. The topological polar surface area (TPSA) is 17.1 Å². The van der Waals surface area contributed by atoms with Gasteiger partial charge in [0.05, 0.1) is 0 Å². The predicted molar refractivity (Wildman–Crippen MR) is 69.2 cm³/mol.